The molecule has 5 heteroatoms. The molecule has 94 valence electrons. The third-order valence-electron chi connectivity index (χ3n) is 2.75. The zero-order valence-electron chi connectivity index (χ0n) is 10.4. The summed E-state index contributed by atoms with van der Waals surface area (Å²) in [6.07, 6.45) is 1.73. The Balaban J connectivity index is 2.40. The number of hydrogen-bond donors (Lipinski definition) is 1. The highest BCUT2D eigenvalue weighted by Gasteiger charge is 2.09. The van der Waals surface area contributed by atoms with Gasteiger partial charge in [-0.25, -0.2) is 9.97 Å². The predicted molar refractivity (Wildman–Crippen MR) is 76.9 cm³/mol. The second kappa shape index (κ2) is 5.46. The van der Waals surface area contributed by atoms with E-state index in [-0.39, 0.29) is 0 Å². The van der Waals surface area contributed by atoms with E-state index in [9.17, 15) is 0 Å². The van der Waals surface area contributed by atoms with Gasteiger partial charge in [-0.1, -0.05) is 22.0 Å². The molecule has 0 unspecified atom stereocenters. The van der Waals surface area contributed by atoms with Gasteiger partial charge in [0.25, 0.3) is 0 Å². The van der Waals surface area contributed by atoms with Crippen LogP contribution in [0.15, 0.2) is 34.9 Å². The van der Waals surface area contributed by atoms with E-state index in [0.717, 1.165) is 16.0 Å². The summed E-state index contributed by atoms with van der Waals surface area (Å²) in [5.74, 6) is 1.48. The van der Waals surface area contributed by atoms with Crippen molar-refractivity contribution >= 4 is 27.4 Å². The van der Waals surface area contributed by atoms with E-state index in [1.54, 1.807) is 6.20 Å². The van der Waals surface area contributed by atoms with Crippen LogP contribution in [-0.4, -0.2) is 17.0 Å². The molecule has 0 saturated carbocycles. The van der Waals surface area contributed by atoms with Crippen molar-refractivity contribution in [2.75, 3.05) is 11.9 Å². The maximum atomic E-state index is 5.56. The maximum absolute atomic E-state index is 5.56. The minimum absolute atomic E-state index is 0.346. The predicted octanol–water partition coefficient (Wildman–Crippen LogP) is 2.77. The van der Waals surface area contributed by atoms with Gasteiger partial charge < -0.3 is 10.6 Å². The fraction of sp³-hybridized carbons (Fsp3) is 0.231. The molecule has 2 aromatic rings. The van der Waals surface area contributed by atoms with Gasteiger partial charge in [-0.2, -0.15) is 0 Å². The zero-order chi connectivity index (χ0) is 13.1. The summed E-state index contributed by atoms with van der Waals surface area (Å²) in [5, 5.41) is 0. The first kappa shape index (κ1) is 13.0. The molecule has 0 fully saturated rings. The van der Waals surface area contributed by atoms with Gasteiger partial charge in [0, 0.05) is 23.4 Å². The Hall–Kier alpha value is -1.46. The number of nitrogens with zero attached hydrogens (tertiary/aromatic N) is 3. The summed E-state index contributed by atoms with van der Waals surface area (Å²) in [4.78, 5) is 10.5. The third-order valence-corrected chi connectivity index (χ3v) is 3.24. The molecular weight excluding hydrogens is 292 g/mol. The van der Waals surface area contributed by atoms with Crippen molar-refractivity contribution in [3.8, 4) is 0 Å². The Morgan fingerprint density at radius 1 is 1.33 bits per heavy atom. The SMILES string of the molecule is Cc1ccc(Br)cc1N(C)c1ccnc(CN)n1. The van der Waals surface area contributed by atoms with Crippen molar-refractivity contribution < 1.29 is 0 Å². The lowest BCUT2D eigenvalue weighted by Gasteiger charge is -2.21. The second-order valence-electron chi connectivity index (χ2n) is 4.03. The lowest BCUT2D eigenvalue weighted by Crippen LogP contribution is -2.14. The summed E-state index contributed by atoms with van der Waals surface area (Å²) in [5.41, 5.74) is 7.85. The number of benzene rings is 1. The Labute approximate surface area is 115 Å². The van der Waals surface area contributed by atoms with E-state index in [1.165, 1.54) is 5.56 Å². The molecule has 0 amide bonds. The van der Waals surface area contributed by atoms with Crippen molar-refractivity contribution in [3.63, 3.8) is 0 Å². The number of rotatable bonds is 3. The van der Waals surface area contributed by atoms with E-state index in [1.807, 2.05) is 24.1 Å². The molecular formula is C13H15BrN4. The molecule has 2 N–H and O–H groups in total. The summed E-state index contributed by atoms with van der Waals surface area (Å²) >= 11 is 3.49. The molecule has 0 atom stereocenters. The van der Waals surface area contributed by atoms with E-state index in [4.69, 9.17) is 5.73 Å². The number of hydrogen-bond acceptors (Lipinski definition) is 4. The fourth-order valence-electron chi connectivity index (χ4n) is 1.74. The highest BCUT2D eigenvalue weighted by Crippen LogP contribution is 2.28. The number of aromatic nitrogens is 2. The van der Waals surface area contributed by atoms with Crippen LogP contribution in [0.4, 0.5) is 11.5 Å². The van der Waals surface area contributed by atoms with Gasteiger partial charge in [-0.3, -0.25) is 0 Å². The number of nitrogens with two attached hydrogens (primary N) is 1. The highest BCUT2D eigenvalue weighted by molar-refractivity contribution is 9.10. The molecule has 0 saturated heterocycles. The molecule has 1 aromatic carbocycles. The van der Waals surface area contributed by atoms with Gasteiger partial charge in [0.1, 0.15) is 11.6 Å². The molecule has 0 aliphatic heterocycles. The van der Waals surface area contributed by atoms with Crippen LogP contribution in [0.3, 0.4) is 0 Å². The summed E-state index contributed by atoms with van der Waals surface area (Å²) in [6, 6.07) is 8.04. The zero-order valence-corrected chi connectivity index (χ0v) is 12.0. The number of anilines is 2. The van der Waals surface area contributed by atoms with Crippen LogP contribution in [0.2, 0.25) is 0 Å². The van der Waals surface area contributed by atoms with E-state index < -0.39 is 0 Å². The normalized spacial score (nSPS) is 10.4. The monoisotopic (exact) mass is 306 g/mol. The topological polar surface area (TPSA) is 55.0 Å². The van der Waals surface area contributed by atoms with Crippen LogP contribution < -0.4 is 10.6 Å². The average molecular weight is 307 g/mol. The third kappa shape index (κ3) is 2.68. The molecule has 0 bridgehead atoms. The molecule has 0 spiro atoms. The highest BCUT2D eigenvalue weighted by atomic mass is 79.9. The van der Waals surface area contributed by atoms with Crippen LogP contribution >= 0.6 is 15.9 Å². The molecule has 0 aliphatic rings. The van der Waals surface area contributed by atoms with Crippen LogP contribution in [0.1, 0.15) is 11.4 Å². The molecule has 0 aliphatic carbocycles. The van der Waals surface area contributed by atoms with Crippen LogP contribution in [-0.2, 0) is 6.54 Å². The van der Waals surface area contributed by atoms with Crippen LogP contribution in [0, 0.1) is 6.92 Å². The van der Waals surface area contributed by atoms with E-state index in [0.29, 0.717) is 12.4 Å². The first-order chi connectivity index (χ1) is 8.61. The summed E-state index contributed by atoms with van der Waals surface area (Å²) < 4.78 is 1.04. The number of halogens is 1. The van der Waals surface area contributed by atoms with Gasteiger partial charge in [0.05, 0.1) is 6.54 Å². The average Bonchev–Trinajstić information content (AvgIpc) is 2.41. The fourth-order valence-corrected chi connectivity index (χ4v) is 2.09. The first-order valence-corrected chi connectivity index (χ1v) is 6.43. The Morgan fingerprint density at radius 2 is 2.11 bits per heavy atom. The van der Waals surface area contributed by atoms with Crippen molar-refractivity contribution in [3.05, 3.63) is 46.3 Å². The Bertz CT molecular complexity index is 556. The molecule has 2 rings (SSSR count). The summed E-state index contributed by atoms with van der Waals surface area (Å²) in [7, 11) is 1.98. The molecule has 0 radical (unpaired) electrons. The Morgan fingerprint density at radius 3 is 2.83 bits per heavy atom. The summed E-state index contributed by atoms with van der Waals surface area (Å²) in [6.45, 7) is 2.42. The van der Waals surface area contributed by atoms with Crippen molar-refractivity contribution in [2.45, 2.75) is 13.5 Å². The van der Waals surface area contributed by atoms with Crippen LogP contribution in [0.25, 0.3) is 0 Å². The lowest BCUT2D eigenvalue weighted by atomic mass is 10.2. The molecule has 4 nitrogen and oxygen atoms in total. The minimum atomic E-state index is 0.346. The molecule has 1 heterocycles. The number of aryl methyl sites for hydroxylation is 1. The van der Waals surface area contributed by atoms with Gasteiger partial charge in [-0.15, -0.1) is 0 Å². The van der Waals surface area contributed by atoms with Crippen molar-refractivity contribution in [2.24, 2.45) is 5.73 Å². The lowest BCUT2D eigenvalue weighted by molar-refractivity contribution is 0.898. The molecule has 1 aromatic heterocycles. The van der Waals surface area contributed by atoms with Crippen molar-refractivity contribution in [1.29, 1.82) is 0 Å². The Kier molecular flexibility index (Phi) is 3.93. The minimum Gasteiger partial charge on any atom is -0.329 e. The van der Waals surface area contributed by atoms with Gasteiger partial charge in [-0.05, 0) is 30.7 Å². The quantitative estimate of drug-likeness (QED) is 0.947. The van der Waals surface area contributed by atoms with E-state index >= 15 is 0 Å². The second-order valence-corrected chi connectivity index (χ2v) is 4.94. The van der Waals surface area contributed by atoms with Crippen molar-refractivity contribution in [1.82, 2.24) is 9.97 Å². The maximum Gasteiger partial charge on any atom is 0.144 e. The largest absolute Gasteiger partial charge is 0.329 e. The standard InChI is InChI=1S/C13H15BrN4/c1-9-3-4-10(14)7-11(9)18(2)13-5-6-16-12(8-15)17-13/h3-7H,8,15H2,1-2H3. The van der Waals surface area contributed by atoms with Gasteiger partial charge in [0.15, 0.2) is 0 Å². The smallest absolute Gasteiger partial charge is 0.144 e. The van der Waals surface area contributed by atoms with Crippen LogP contribution in [0.5, 0.6) is 0 Å². The van der Waals surface area contributed by atoms with Gasteiger partial charge in [0.2, 0.25) is 0 Å². The molecule has 18 heavy (non-hydrogen) atoms. The first-order valence-electron chi connectivity index (χ1n) is 5.63. The van der Waals surface area contributed by atoms with E-state index in [2.05, 4.69) is 45.0 Å². The van der Waals surface area contributed by atoms with Gasteiger partial charge >= 0.3 is 0 Å².